The molecule has 0 saturated carbocycles. The SMILES string of the molecule is CCNC(=O)c1cccc(CNC(=O)c2cc3ccccc3[nH]c2=O)c1. The van der Waals surface area contributed by atoms with E-state index in [1.807, 2.05) is 31.2 Å². The second-order valence-corrected chi connectivity index (χ2v) is 5.84. The van der Waals surface area contributed by atoms with E-state index in [4.69, 9.17) is 0 Å². The molecule has 6 nitrogen and oxygen atoms in total. The fourth-order valence-electron chi connectivity index (χ4n) is 2.68. The maximum absolute atomic E-state index is 12.4. The molecule has 0 saturated heterocycles. The summed E-state index contributed by atoms with van der Waals surface area (Å²) in [6.07, 6.45) is 0. The molecule has 0 bridgehead atoms. The Morgan fingerprint density at radius 1 is 0.962 bits per heavy atom. The second-order valence-electron chi connectivity index (χ2n) is 5.84. The molecule has 0 aliphatic heterocycles. The average Bonchev–Trinajstić information content (AvgIpc) is 2.66. The summed E-state index contributed by atoms with van der Waals surface area (Å²) in [6, 6.07) is 15.9. The van der Waals surface area contributed by atoms with Gasteiger partial charge >= 0.3 is 0 Å². The molecule has 1 heterocycles. The van der Waals surface area contributed by atoms with E-state index in [-0.39, 0.29) is 18.0 Å². The van der Waals surface area contributed by atoms with E-state index in [0.29, 0.717) is 17.6 Å². The molecule has 3 N–H and O–H groups in total. The number of carbonyl (C=O) groups is 2. The Hall–Kier alpha value is -3.41. The zero-order chi connectivity index (χ0) is 18.5. The maximum Gasteiger partial charge on any atom is 0.261 e. The van der Waals surface area contributed by atoms with Crippen LogP contribution in [0.1, 0.15) is 33.2 Å². The first-order valence-electron chi connectivity index (χ1n) is 8.36. The average molecular weight is 349 g/mol. The monoisotopic (exact) mass is 349 g/mol. The van der Waals surface area contributed by atoms with Gasteiger partial charge in [0.25, 0.3) is 17.4 Å². The lowest BCUT2D eigenvalue weighted by Gasteiger charge is -2.08. The fourth-order valence-corrected chi connectivity index (χ4v) is 2.68. The molecule has 2 aromatic carbocycles. The molecule has 0 aliphatic carbocycles. The topological polar surface area (TPSA) is 91.1 Å². The molecular formula is C20H19N3O3. The summed E-state index contributed by atoms with van der Waals surface area (Å²) in [7, 11) is 0. The Morgan fingerprint density at radius 3 is 2.58 bits per heavy atom. The molecule has 132 valence electrons. The standard InChI is InChI=1S/C20H19N3O3/c1-2-21-18(24)15-8-5-6-13(10-15)12-22-19(25)16-11-14-7-3-4-9-17(14)23-20(16)26/h3-11H,2,12H2,1H3,(H,21,24)(H,22,25)(H,23,26). The van der Waals surface area contributed by atoms with Crippen LogP contribution in [0.5, 0.6) is 0 Å². The third kappa shape index (κ3) is 3.80. The largest absolute Gasteiger partial charge is 0.352 e. The van der Waals surface area contributed by atoms with Gasteiger partial charge in [0, 0.05) is 24.2 Å². The van der Waals surface area contributed by atoms with Gasteiger partial charge in [0.2, 0.25) is 0 Å². The molecule has 0 unspecified atom stereocenters. The summed E-state index contributed by atoms with van der Waals surface area (Å²) in [6.45, 7) is 2.62. The molecule has 1 aromatic heterocycles. The molecule has 0 aliphatic rings. The number of nitrogens with one attached hydrogen (secondary N) is 3. The third-order valence-electron chi connectivity index (χ3n) is 3.98. The summed E-state index contributed by atoms with van der Waals surface area (Å²) < 4.78 is 0. The molecule has 3 aromatic rings. The Bertz CT molecular complexity index is 1020. The van der Waals surface area contributed by atoms with Gasteiger partial charge in [-0.3, -0.25) is 14.4 Å². The lowest BCUT2D eigenvalue weighted by molar-refractivity contribution is 0.0946. The van der Waals surface area contributed by atoms with Gasteiger partial charge in [0.1, 0.15) is 5.56 Å². The van der Waals surface area contributed by atoms with Crippen molar-refractivity contribution >= 4 is 22.7 Å². The van der Waals surface area contributed by atoms with Gasteiger partial charge in [-0.2, -0.15) is 0 Å². The van der Waals surface area contributed by atoms with Gasteiger partial charge in [0.15, 0.2) is 0 Å². The van der Waals surface area contributed by atoms with Crippen LogP contribution >= 0.6 is 0 Å². The summed E-state index contributed by atoms with van der Waals surface area (Å²) in [5, 5.41) is 6.25. The van der Waals surface area contributed by atoms with Crippen molar-refractivity contribution in [2.45, 2.75) is 13.5 Å². The number of carbonyl (C=O) groups excluding carboxylic acids is 2. The highest BCUT2D eigenvalue weighted by molar-refractivity contribution is 5.97. The van der Waals surface area contributed by atoms with Crippen molar-refractivity contribution in [1.29, 1.82) is 0 Å². The van der Waals surface area contributed by atoms with Crippen LogP contribution < -0.4 is 16.2 Å². The molecule has 0 spiro atoms. The molecule has 0 fully saturated rings. The number of hydrogen-bond donors (Lipinski definition) is 3. The Morgan fingerprint density at radius 2 is 1.77 bits per heavy atom. The van der Waals surface area contributed by atoms with Crippen LogP contribution in [0, 0.1) is 0 Å². The highest BCUT2D eigenvalue weighted by atomic mass is 16.2. The van der Waals surface area contributed by atoms with E-state index >= 15 is 0 Å². The number of hydrogen-bond acceptors (Lipinski definition) is 3. The van der Waals surface area contributed by atoms with Gasteiger partial charge in [0.05, 0.1) is 0 Å². The van der Waals surface area contributed by atoms with Crippen molar-refractivity contribution in [1.82, 2.24) is 15.6 Å². The summed E-state index contributed by atoms with van der Waals surface area (Å²) in [4.78, 5) is 39.1. The minimum absolute atomic E-state index is 0.0589. The number of para-hydroxylation sites is 1. The van der Waals surface area contributed by atoms with E-state index in [1.165, 1.54) is 0 Å². The molecule has 0 atom stereocenters. The van der Waals surface area contributed by atoms with E-state index in [9.17, 15) is 14.4 Å². The Labute approximate surface area is 150 Å². The lowest BCUT2D eigenvalue weighted by atomic mass is 10.1. The van der Waals surface area contributed by atoms with E-state index in [2.05, 4.69) is 15.6 Å². The first kappa shape index (κ1) is 17.4. The molecule has 0 radical (unpaired) electrons. The van der Waals surface area contributed by atoms with Crippen molar-refractivity contribution in [2.24, 2.45) is 0 Å². The summed E-state index contributed by atoms with van der Waals surface area (Å²) in [5.41, 5.74) is 1.62. The van der Waals surface area contributed by atoms with Crippen LogP contribution in [0.2, 0.25) is 0 Å². The Kier molecular flexibility index (Phi) is 5.12. The van der Waals surface area contributed by atoms with Crippen LogP contribution in [0.4, 0.5) is 0 Å². The van der Waals surface area contributed by atoms with Crippen molar-refractivity contribution in [3.8, 4) is 0 Å². The van der Waals surface area contributed by atoms with Crippen molar-refractivity contribution in [3.63, 3.8) is 0 Å². The third-order valence-corrected chi connectivity index (χ3v) is 3.98. The normalized spacial score (nSPS) is 10.5. The van der Waals surface area contributed by atoms with Gasteiger partial charge in [-0.05, 0) is 42.1 Å². The Balaban J connectivity index is 1.75. The smallest absolute Gasteiger partial charge is 0.261 e. The summed E-state index contributed by atoms with van der Waals surface area (Å²) in [5.74, 6) is -0.618. The lowest BCUT2D eigenvalue weighted by Crippen LogP contribution is -2.29. The first-order chi connectivity index (χ1) is 12.6. The number of benzene rings is 2. The zero-order valence-electron chi connectivity index (χ0n) is 14.3. The zero-order valence-corrected chi connectivity index (χ0v) is 14.3. The predicted octanol–water partition coefficient (Wildman–Crippen LogP) is 2.21. The van der Waals surface area contributed by atoms with Gasteiger partial charge in [-0.25, -0.2) is 0 Å². The highest BCUT2D eigenvalue weighted by Crippen LogP contribution is 2.10. The number of amides is 2. The van der Waals surface area contributed by atoms with E-state index in [1.54, 1.807) is 30.3 Å². The quantitative estimate of drug-likeness (QED) is 0.659. The van der Waals surface area contributed by atoms with E-state index in [0.717, 1.165) is 10.9 Å². The highest BCUT2D eigenvalue weighted by Gasteiger charge is 2.12. The molecule has 26 heavy (non-hydrogen) atoms. The summed E-state index contributed by atoms with van der Waals surface area (Å²) >= 11 is 0. The minimum Gasteiger partial charge on any atom is -0.352 e. The van der Waals surface area contributed by atoms with Crippen molar-refractivity contribution in [3.05, 3.63) is 81.6 Å². The van der Waals surface area contributed by atoms with Crippen LogP contribution in [0.25, 0.3) is 10.9 Å². The fraction of sp³-hybridized carbons (Fsp3) is 0.150. The van der Waals surface area contributed by atoms with Crippen LogP contribution in [-0.2, 0) is 6.54 Å². The van der Waals surface area contributed by atoms with Gasteiger partial charge in [-0.15, -0.1) is 0 Å². The van der Waals surface area contributed by atoms with Gasteiger partial charge in [-0.1, -0.05) is 30.3 Å². The number of pyridine rings is 1. The molecule has 6 heteroatoms. The predicted molar refractivity (Wildman–Crippen MR) is 100 cm³/mol. The van der Waals surface area contributed by atoms with Crippen molar-refractivity contribution in [2.75, 3.05) is 6.54 Å². The van der Waals surface area contributed by atoms with Crippen molar-refractivity contribution < 1.29 is 9.59 Å². The maximum atomic E-state index is 12.4. The number of aromatic amines is 1. The van der Waals surface area contributed by atoms with Gasteiger partial charge < -0.3 is 15.6 Å². The number of H-pyrrole nitrogens is 1. The molecular weight excluding hydrogens is 330 g/mol. The van der Waals surface area contributed by atoms with Crippen LogP contribution in [-0.4, -0.2) is 23.3 Å². The number of aromatic nitrogens is 1. The minimum atomic E-state index is -0.458. The number of rotatable bonds is 5. The molecule has 3 rings (SSSR count). The van der Waals surface area contributed by atoms with Crippen LogP contribution in [0.15, 0.2) is 59.4 Å². The molecule has 2 amide bonds. The second kappa shape index (κ2) is 7.65. The first-order valence-corrected chi connectivity index (χ1v) is 8.36. The number of fused-ring (bicyclic) bond motifs is 1. The van der Waals surface area contributed by atoms with Crippen LogP contribution in [0.3, 0.4) is 0 Å². The van der Waals surface area contributed by atoms with E-state index < -0.39 is 11.5 Å².